The molecule has 220 valence electrons. The molecular formula is C30H39N5O5S. The summed E-state index contributed by atoms with van der Waals surface area (Å²) in [5.74, 6) is -0.594. The fourth-order valence-electron chi connectivity index (χ4n) is 6.23. The predicted octanol–water partition coefficient (Wildman–Crippen LogP) is 3.77. The zero-order valence-electron chi connectivity index (χ0n) is 23.7. The first kappa shape index (κ1) is 27.9. The van der Waals surface area contributed by atoms with Gasteiger partial charge in [-0.05, 0) is 74.4 Å². The third-order valence-corrected chi connectivity index (χ3v) is 10.1. The maximum Gasteiger partial charge on any atom is 0.255 e. The number of rotatable bonds is 8. The highest BCUT2D eigenvalue weighted by atomic mass is 32.2. The second-order valence-corrected chi connectivity index (χ2v) is 13.6. The standard InChI is InChI=1S/C30H39N5O5S/c1-21-20-35(13-15-40-21)27-18-23(17-22-5-10-33(2)28(22)27)29(37)31-25-4-3-24(32-41(38,39)16-14-36)19-26(25)34-11-8-30(6-7-30)9-12-34/h3-5,10,17-19,21,32,36H,6-9,11-16,20H2,1-2H3,(H,31,37)/t21-/m1/s1. The number of aryl methyl sites for hydroxylation is 1. The molecule has 3 N–H and O–H groups in total. The number of nitrogens with zero attached hydrogens (tertiary/aromatic N) is 3. The lowest BCUT2D eigenvalue weighted by Crippen LogP contribution is -2.41. The number of aliphatic hydroxyl groups excluding tert-OH is 1. The number of nitrogens with one attached hydrogen (secondary N) is 2. The normalized spacial score (nSPS) is 20.4. The molecular weight excluding hydrogens is 542 g/mol. The molecule has 1 spiro atoms. The van der Waals surface area contributed by atoms with Crippen LogP contribution in [0.1, 0.15) is 43.0 Å². The molecule has 0 unspecified atom stereocenters. The van der Waals surface area contributed by atoms with Crippen LogP contribution in [0.5, 0.6) is 0 Å². The van der Waals surface area contributed by atoms with E-state index >= 15 is 0 Å². The SMILES string of the molecule is C[C@@H]1CN(c2cc(C(=O)Nc3ccc(NS(=O)(=O)CCO)cc3N3CCC4(CC3)CC4)cc3ccn(C)c23)CCO1. The lowest BCUT2D eigenvalue weighted by molar-refractivity contribution is 0.0533. The summed E-state index contributed by atoms with van der Waals surface area (Å²) >= 11 is 0. The van der Waals surface area contributed by atoms with Crippen LogP contribution in [-0.2, 0) is 21.8 Å². The molecule has 3 aromatic rings. The highest BCUT2D eigenvalue weighted by molar-refractivity contribution is 7.92. The second-order valence-electron chi connectivity index (χ2n) is 11.8. The molecule has 10 nitrogen and oxygen atoms in total. The summed E-state index contributed by atoms with van der Waals surface area (Å²) in [7, 11) is -1.66. The second kappa shape index (κ2) is 10.8. The maximum atomic E-state index is 13.8. The van der Waals surface area contributed by atoms with Crippen molar-refractivity contribution in [2.75, 3.05) is 65.0 Å². The van der Waals surface area contributed by atoms with Crippen LogP contribution in [0.4, 0.5) is 22.7 Å². The average molecular weight is 582 g/mol. The molecule has 1 saturated carbocycles. The molecule has 2 aromatic carbocycles. The number of ether oxygens (including phenoxy) is 1. The Hall–Kier alpha value is -3.28. The molecule has 0 radical (unpaired) electrons. The van der Waals surface area contributed by atoms with Gasteiger partial charge < -0.3 is 29.5 Å². The van der Waals surface area contributed by atoms with Gasteiger partial charge in [0.1, 0.15) is 0 Å². The first-order valence-corrected chi connectivity index (χ1v) is 16.1. The number of fused-ring (bicyclic) bond motifs is 1. The van der Waals surface area contributed by atoms with Gasteiger partial charge in [0.2, 0.25) is 10.0 Å². The minimum atomic E-state index is -3.68. The minimum absolute atomic E-state index is 0.103. The van der Waals surface area contributed by atoms with E-state index in [1.54, 1.807) is 18.2 Å². The van der Waals surface area contributed by atoms with Crippen LogP contribution in [-0.4, -0.2) is 75.2 Å². The number of anilines is 4. The number of carbonyl (C=O) groups is 1. The number of aromatic nitrogens is 1. The van der Waals surface area contributed by atoms with Crippen LogP contribution in [0.3, 0.4) is 0 Å². The molecule has 0 bridgehead atoms. The van der Waals surface area contributed by atoms with Gasteiger partial charge in [-0.3, -0.25) is 9.52 Å². The number of aliphatic hydroxyl groups is 1. The number of benzene rings is 2. The number of amides is 1. The summed E-state index contributed by atoms with van der Waals surface area (Å²) in [5, 5.41) is 13.3. The van der Waals surface area contributed by atoms with E-state index in [0.29, 0.717) is 29.0 Å². The first-order valence-electron chi connectivity index (χ1n) is 14.4. The van der Waals surface area contributed by atoms with Crippen molar-refractivity contribution in [3.8, 4) is 0 Å². The maximum absolute atomic E-state index is 13.8. The van der Waals surface area contributed by atoms with Crippen LogP contribution in [0.15, 0.2) is 42.6 Å². The van der Waals surface area contributed by atoms with Gasteiger partial charge in [-0.15, -0.1) is 0 Å². The number of sulfonamides is 1. The summed E-state index contributed by atoms with van der Waals surface area (Å²) < 4.78 is 35.1. The van der Waals surface area contributed by atoms with E-state index in [2.05, 4.69) is 31.3 Å². The van der Waals surface area contributed by atoms with E-state index in [0.717, 1.165) is 61.3 Å². The lowest BCUT2D eigenvalue weighted by Gasteiger charge is -2.35. The third-order valence-electron chi connectivity index (χ3n) is 8.79. The fourth-order valence-corrected chi connectivity index (χ4v) is 7.06. The van der Waals surface area contributed by atoms with Crippen molar-refractivity contribution in [1.82, 2.24) is 4.57 Å². The van der Waals surface area contributed by atoms with Gasteiger partial charge >= 0.3 is 0 Å². The Bertz CT molecular complexity index is 1550. The number of hydrogen-bond acceptors (Lipinski definition) is 7. The van der Waals surface area contributed by atoms with Crippen molar-refractivity contribution in [2.24, 2.45) is 12.5 Å². The summed E-state index contributed by atoms with van der Waals surface area (Å²) in [4.78, 5) is 18.3. The molecule has 11 heteroatoms. The molecule has 2 aliphatic heterocycles. The van der Waals surface area contributed by atoms with E-state index in [1.807, 2.05) is 31.4 Å². The van der Waals surface area contributed by atoms with Crippen molar-refractivity contribution < 1.29 is 23.1 Å². The van der Waals surface area contributed by atoms with Gasteiger partial charge in [0.05, 0.1) is 53.3 Å². The van der Waals surface area contributed by atoms with E-state index < -0.39 is 16.6 Å². The monoisotopic (exact) mass is 581 g/mol. The lowest BCUT2D eigenvalue weighted by atomic mass is 9.93. The van der Waals surface area contributed by atoms with Crippen molar-refractivity contribution in [3.63, 3.8) is 0 Å². The van der Waals surface area contributed by atoms with Gasteiger partial charge in [0, 0.05) is 50.4 Å². The van der Waals surface area contributed by atoms with E-state index in [4.69, 9.17) is 9.84 Å². The molecule has 3 heterocycles. The molecule has 3 fully saturated rings. The van der Waals surface area contributed by atoms with Crippen LogP contribution in [0.25, 0.3) is 10.9 Å². The van der Waals surface area contributed by atoms with Gasteiger partial charge in [-0.1, -0.05) is 0 Å². The molecule has 2 saturated heterocycles. The number of morpholine rings is 1. The van der Waals surface area contributed by atoms with Crippen molar-refractivity contribution >= 4 is 49.6 Å². The number of carbonyl (C=O) groups excluding carboxylic acids is 1. The van der Waals surface area contributed by atoms with E-state index in [9.17, 15) is 13.2 Å². The number of piperidine rings is 1. The van der Waals surface area contributed by atoms with Gasteiger partial charge in [-0.2, -0.15) is 0 Å². The van der Waals surface area contributed by atoms with Crippen LogP contribution in [0, 0.1) is 5.41 Å². The molecule has 1 atom stereocenters. The quantitative estimate of drug-likeness (QED) is 0.371. The first-order chi connectivity index (χ1) is 19.7. The van der Waals surface area contributed by atoms with Crippen LogP contribution in [0.2, 0.25) is 0 Å². The smallest absolute Gasteiger partial charge is 0.255 e. The highest BCUT2D eigenvalue weighted by Crippen LogP contribution is 2.54. The van der Waals surface area contributed by atoms with Crippen molar-refractivity contribution in [2.45, 2.75) is 38.7 Å². The third kappa shape index (κ3) is 5.89. The largest absolute Gasteiger partial charge is 0.395 e. The number of hydrogen-bond donors (Lipinski definition) is 3. The summed E-state index contributed by atoms with van der Waals surface area (Å²) in [6, 6.07) is 11.1. The Morgan fingerprint density at radius 3 is 2.54 bits per heavy atom. The van der Waals surface area contributed by atoms with E-state index in [1.165, 1.54) is 12.8 Å². The summed E-state index contributed by atoms with van der Waals surface area (Å²) in [5.41, 5.74) is 4.97. The van der Waals surface area contributed by atoms with Crippen molar-refractivity contribution in [3.05, 3.63) is 48.2 Å². The zero-order chi connectivity index (χ0) is 28.8. The Kier molecular flexibility index (Phi) is 7.37. The molecule has 1 aromatic heterocycles. The molecule has 6 rings (SSSR count). The van der Waals surface area contributed by atoms with Crippen molar-refractivity contribution in [1.29, 1.82) is 0 Å². The van der Waals surface area contributed by atoms with Gasteiger partial charge in [-0.25, -0.2) is 8.42 Å². The topological polar surface area (TPSA) is 116 Å². The Labute approximate surface area is 241 Å². The van der Waals surface area contributed by atoms with Gasteiger partial charge in [0.15, 0.2) is 0 Å². The molecule has 1 amide bonds. The fraction of sp³-hybridized carbons (Fsp3) is 0.500. The summed E-state index contributed by atoms with van der Waals surface area (Å²) in [6.45, 7) is 5.45. The average Bonchev–Trinajstić information content (AvgIpc) is 3.59. The molecule has 41 heavy (non-hydrogen) atoms. The molecule has 1 aliphatic carbocycles. The van der Waals surface area contributed by atoms with Gasteiger partial charge in [0.25, 0.3) is 5.91 Å². The van der Waals surface area contributed by atoms with Crippen LogP contribution >= 0.6 is 0 Å². The Morgan fingerprint density at radius 1 is 1.05 bits per heavy atom. The molecule has 3 aliphatic rings. The predicted molar refractivity (Wildman–Crippen MR) is 163 cm³/mol. The van der Waals surface area contributed by atoms with Crippen LogP contribution < -0.4 is 19.8 Å². The minimum Gasteiger partial charge on any atom is -0.395 e. The highest BCUT2D eigenvalue weighted by Gasteiger charge is 2.44. The Balaban J connectivity index is 1.31. The summed E-state index contributed by atoms with van der Waals surface area (Å²) in [6.07, 6.45) is 6.85. The zero-order valence-corrected chi connectivity index (χ0v) is 24.5. The van der Waals surface area contributed by atoms with E-state index in [-0.39, 0.29) is 17.8 Å². The Morgan fingerprint density at radius 2 is 1.83 bits per heavy atom.